The number of anilines is 1. The van der Waals surface area contributed by atoms with E-state index in [9.17, 15) is 18.0 Å². The van der Waals surface area contributed by atoms with E-state index in [0.717, 1.165) is 22.7 Å². The van der Waals surface area contributed by atoms with Gasteiger partial charge in [-0.15, -0.1) is 0 Å². The third-order valence-electron chi connectivity index (χ3n) is 6.87. The van der Waals surface area contributed by atoms with Gasteiger partial charge in [0.05, 0.1) is 17.7 Å². The summed E-state index contributed by atoms with van der Waals surface area (Å²) in [6, 6.07) is 14.8. The minimum absolute atomic E-state index is 0.0235. The Balaban J connectivity index is 2.13. The molecule has 0 radical (unpaired) electrons. The van der Waals surface area contributed by atoms with Crippen molar-refractivity contribution >= 4 is 62.3 Å². The first kappa shape index (κ1) is 34.5. The Labute approximate surface area is 268 Å². The van der Waals surface area contributed by atoms with Gasteiger partial charge in [0.1, 0.15) is 18.3 Å². The van der Waals surface area contributed by atoms with Crippen LogP contribution in [0.15, 0.2) is 65.6 Å². The molecule has 232 valence electrons. The zero-order valence-electron chi connectivity index (χ0n) is 24.6. The van der Waals surface area contributed by atoms with Gasteiger partial charge in [-0.2, -0.15) is 0 Å². The van der Waals surface area contributed by atoms with Crippen LogP contribution in [0.3, 0.4) is 0 Å². The van der Waals surface area contributed by atoms with Crippen molar-refractivity contribution in [3.8, 4) is 5.75 Å². The summed E-state index contributed by atoms with van der Waals surface area (Å²) < 4.78 is 34.7. The maximum absolute atomic E-state index is 14.3. The van der Waals surface area contributed by atoms with Crippen LogP contribution in [0.1, 0.15) is 44.2 Å². The van der Waals surface area contributed by atoms with Gasteiger partial charge < -0.3 is 15.0 Å². The zero-order chi connectivity index (χ0) is 31.7. The van der Waals surface area contributed by atoms with Crippen LogP contribution in [0.4, 0.5) is 5.69 Å². The highest BCUT2D eigenvalue weighted by atomic mass is 35.5. The molecule has 12 heteroatoms. The first-order chi connectivity index (χ1) is 20.4. The summed E-state index contributed by atoms with van der Waals surface area (Å²) in [5.41, 5.74) is 1.49. The predicted octanol–water partition coefficient (Wildman–Crippen LogP) is 6.88. The number of benzene rings is 3. The van der Waals surface area contributed by atoms with Gasteiger partial charge >= 0.3 is 0 Å². The summed E-state index contributed by atoms with van der Waals surface area (Å²) in [7, 11) is -2.91. The van der Waals surface area contributed by atoms with E-state index in [4.69, 9.17) is 39.5 Å². The van der Waals surface area contributed by atoms with E-state index < -0.39 is 28.5 Å². The third kappa shape index (κ3) is 8.79. The van der Waals surface area contributed by atoms with Crippen molar-refractivity contribution in [2.45, 2.75) is 57.5 Å². The lowest BCUT2D eigenvalue weighted by molar-refractivity contribution is -0.140. The highest BCUT2D eigenvalue weighted by Crippen LogP contribution is 2.35. The van der Waals surface area contributed by atoms with E-state index in [1.807, 2.05) is 13.8 Å². The van der Waals surface area contributed by atoms with Crippen LogP contribution >= 0.6 is 34.8 Å². The minimum Gasteiger partial charge on any atom is -0.495 e. The number of unbranched alkanes of at least 4 members (excludes halogenated alkanes) is 1. The maximum Gasteiger partial charge on any atom is 0.264 e. The number of hydrogen-bond donors (Lipinski definition) is 1. The molecule has 1 atom stereocenters. The fourth-order valence-corrected chi connectivity index (χ4v) is 6.52. The van der Waals surface area contributed by atoms with Crippen molar-refractivity contribution in [1.82, 2.24) is 10.2 Å². The average Bonchev–Trinajstić information content (AvgIpc) is 2.97. The number of carbonyl (C=O) groups excluding carboxylic acids is 2. The van der Waals surface area contributed by atoms with Gasteiger partial charge in [-0.05, 0) is 67.8 Å². The molecule has 0 aliphatic carbocycles. The molecule has 43 heavy (non-hydrogen) atoms. The minimum atomic E-state index is -4.30. The van der Waals surface area contributed by atoms with Crippen LogP contribution in [-0.2, 0) is 26.2 Å². The maximum atomic E-state index is 14.3. The molecule has 0 bridgehead atoms. The largest absolute Gasteiger partial charge is 0.495 e. The summed E-state index contributed by atoms with van der Waals surface area (Å²) in [4.78, 5) is 28.9. The Hall–Kier alpha value is -2.98. The van der Waals surface area contributed by atoms with Crippen LogP contribution in [0.25, 0.3) is 0 Å². The summed E-state index contributed by atoms with van der Waals surface area (Å²) >= 11 is 18.9. The number of hydrogen-bond acceptors (Lipinski definition) is 5. The molecule has 8 nitrogen and oxygen atoms in total. The number of aryl methyl sites for hydroxylation is 1. The van der Waals surface area contributed by atoms with Crippen LogP contribution in [0, 0.1) is 6.92 Å². The topological polar surface area (TPSA) is 96.0 Å². The average molecular weight is 669 g/mol. The Kier molecular flexibility index (Phi) is 12.6. The van der Waals surface area contributed by atoms with Crippen molar-refractivity contribution in [1.29, 1.82) is 0 Å². The Morgan fingerprint density at radius 3 is 2.21 bits per heavy atom. The van der Waals surface area contributed by atoms with Gasteiger partial charge in [-0.25, -0.2) is 8.42 Å². The molecule has 3 rings (SSSR count). The zero-order valence-corrected chi connectivity index (χ0v) is 27.7. The quantitative estimate of drug-likeness (QED) is 0.189. The Morgan fingerprint density at radius 2 is 1.60 bits per heavy atom. The van der Waals surface area contributed by atoms with E-state index in [0.29, 0.717) is 22.2 Å². The molecule has 0 aliphatic rings. The number of rotatable bonds is 14. The molecule has 0 saturated heterocycles. The number of ether oxygens (including phenoxy) is 1. The monoisotopic (exact) mass is 667 g/mol. The number of nitrogens with zero attached hydrogens (tertiary/aromatic N) is 2. The molecule has 0 spiro atoms. The number of methoxy groups -OCH3 is 1. The van der Waals surface area contributed by atoms with E-state index >= 15 is 0 Å². The van der Waals surface area contributed by atoms with Gasteiger partial charge in [-0.1, -0.05) is 78.8 Å². The van der Waals surface area contributed by atoms with Gasteiger partial charge in [0.15, 0.2) is 0 Å². The van der Waals surface area contributed by atoms with Crippen molar-refractivity contribution in [2.24, 2.45) is 0 Å². The lowest BCUT2D eigenvalue weighted by Crippen LogP contribution is -2.52. The Morgan fingerprint density at radius 1 is 0.953 bits per heavy atom. The Bertz CT molecular complexity index is 1530. The smallest absolute Gasteiger partial charge is 0.264 e. The molecule has 0 heterocycles. The van der Waals surface area contributed by atoms with Crippen LogP contribution in [0.5, 0.6) is 5.75 Å². The standard InChI is InChI=1S/C31H36Cl3N3O5S/c1-5-7-16-35-31(39)27(6-2)36(19-22-10-11-23(32)17-26(22)34)30(38)20-37(28-18-24(33)12-15-29(28)42-4)43(40,41)25-13-8-21(3)9-14-25/h8-15,17-18,27H,5-7,16,19-20H2,1-4H3,(H,35,39)/t27-/m1/s1. The van der Waals surface area contributed by atoms with E-state index in [2.05, 4.69) is 5.32 Å². The number of halogens is 3. The second kappa shape index (κ2) is 15.7. The molecular formula is C31H36Cl3N3O5S. The second-order valence-corrected chi connectivity index (χ2v) is 13.1. The summed E-state index contributed by atoms with van der Waals surface area (Å²) in [6.07, 6.45) is 1.93. The summed E-state index contributed by atoms with van der Waals surface area (Å²) in [5, 5.41) is 3.87. The number of carbonyl (C=O) groups is 2. The SMILES string of the molecule is CCCCNC(=O)[C@@H](CC)N(Cc1ccc(Cl)cc1Cl)C(=O)CN(c1cc(Cl)ccc1OC)S(=O)(=O)c1ccc(C)cc1. The lowest BCUT2D eigenvalue weighted by Gasteiger charge is -2.33. The van der Waals surface area contributed by atoms with Crippen LogP contribution in [-0.4, -0.2) is 51.4 Å². The fourth-order valence-electron chi connectivity index (χ4n) is 4.47. The molecule has 3 aromatic carbocycles. The fraction of sp³-hybridized carbons (Fsp3) is 0.355. The molecule has 0 fully saturated rings. The summed E-state index contributed by atoms with van der Waals surface area (Å²) in [5.74, 6) is -0.770. The normalized spacial score (nSPS) is 12.0. The third-order valence-corrected chi connectivity index (χ3v) is 9.46. The number of amides is 2. The molecule has 0 aromatic heterocycles. The van der Waals surface area contributed by atoms with Crippen LogP contribution < -0.4 is 14.4 Å². The molecular weight excluding hydrogens is 633 g/mol. The summed E-state index contributed by atoms with van der Waals surface area (Å²) in [6.45, 7) is 5.39. The highest BCUT2D eigenvalue weighted by molar-refractivity contribution is 7.92. The lowest BCUT2D eigenvalue weighted by atomic mass is 10.1. The number of sulfonamides is 1. The molecule has 0 saturated carbocycles. The van der Waals surface area contributed by atoms with Gasteiger partial charge in [0, 0.05) is 28.2 Å². The number of nitrogens with one attached hydrogen (secondary N) is 1. The van der Waals surface area contributed by atoms with Gasteiger partial charge in [-0.3, -0.25) is 13.9 Å². The molecule has 1 N–H and O–H groups in total. The molecule has 2 amide bonds. The van der Waals surface area contributed by atoms with E-state index in [1.54, 1.807) is 43.3 Å². The molecule has 0 unspecified atom stereocenters. The first-order valence-corrected chi connectivity index (χ1v) is 16.4. The van der Waals surface area contributed by atoms with Gasteiger partial charge in [0.25, 0.3) is 10.0 Å². The molecule has 0 aliphatic heterocycles. The van der Waals surface area contributed by atoms with E-state index in [-0.39, 0.29) is 40.2 Å². The van der Waals surface area contributed by atoms with E-state index in [1.165, 1.54) is 36.3 Å². The van der Waals surface area contributed by atoms with Crippen molar-refractivity contribution in [2.75, 3.05) is 24.5 Å². The predicted molar refractivity (Wildman–Crippen MR) is 173 cm³/mol. The molecule has 3 aromatic rings. The van der Waals surface area contributed by atoms with Crippen molar-refractivity contribution in [3.05, 3.63) is 86.9 Å². The first-order valence-electron chi connectivity index (χ1n) is 13.9. The van der Waals surface area contributed by atoms with Crippen LogP contribution in [0.2, 0.25) is 15.1 Å². The van der Waals surface area contributed by atoms with Crippen molar-refractivity contribution in [3.63, 3.8) is 0 Å². The second-order valence-electron chi connectivity index (χ2n) is 9.97. The van der Waals surface area contributed by atoms with Gasteiger partial charge in [0.2, 0.25) is 11.8 Å². The van der Waals surface area contributed by atoms with Crippen molar-refractivity contribution < 1.29 is 22.7 Å². The highest BCUT2D eigenvalue weighted by Gasteiger charge is 2.35.